The Kier molecular flexibility index (Phi) is 2.19. The van der Waals surface area contributed by atoms with Crippen LogP contribution in [0.5, 0.6) is 0 Å². The average molecular weight is 150 g/mol. The molecule has 0 unspecified atom stereocenters. The minimum atomic E-state index is -4.77. The van der Waals surface area contributed by atoms with Gasteiger partial charge in [-0.25, -0.2) is 4.79 Å². The van der Waals surface area contributed by atoms with Crippen LogP contribution in [0.15, 0.2) is 0 Å². The lowest BCUT2D eigenvalue weighted by molar-refractivity contribution is 0.213. The summed E-state index contributed by atoms with van der Waals surface area (Å²) in [7, 11) is -4.77. The molecule has 0 aromatic rings. The predicted octanol–water partition coefficient (Wildman–Crippen LogP) is -0.399. The van der Waals surface area contributed by atoms with Crippen molar-refractivity contribution in [3.8, 4) is 12.5 Å². The molecular formula is C3H2O5S. The minimum Gasteiger partial charge on any atom is -0.359 e. The van der Waals surface area contributed by atoms with Crippen molar-refractivity contribution in [3.05, 3.63) is 0 Å². The van der Waals surface area contributed by atoms with Crippen molar-refractivity contribution in [2.45, 2.75) is 0 Å². The van der Waals surface area contributed by atoms with Crippen LogP contribution in [0.4, 0.5) is 4.79 Å². The topological polar surface area (TPSA) is 80.7 Å². The molecule has 0 amide bonds. The lowest BCUT2D eigenvalue weighted by Gasteiger charge is -1.87. The lowest BCUT2D eigenvalue weighted by atomic mass is 11.3. The van der Waals surface area contributed by atoms with Gasteiger partial charge in [-0.15, -0.1) is 0 Å². The number of ether oxygens (including phenoxy) is 1. The van der Waals surface area contributed by atoms with Crippen LogP contribution in [0.1, 0.15) is 0 Å². The maximum Gasteiger partial charge on any atom is 0.465 e. The lowest BCUT2D eigenvalue weighted by Crippen LogP contribution is -2.11. The summed E-state index contributed by atoms with van der Waals surface area (Å²) in [6.07, 6.45) is 5.64. The monoisotopic (exact) mass is 150 g/mol. The first-order valence-electron chi connectivity index (χ1n) is 1.62. The fourth-order valence-corrected chi connectivity index (χ4v) is 0.254. The molecule has 0 saturated heterocycles. The molecule has 0 aliphatic heterocycles. The van der Waals surface area contributed by atoms with Crippen molar-refractivity contribution >= 4 is 15.4 Å². The van der Waals surface area contributed by atoms with Crippen molar-refractivity contribution in [2.24, 2.45) is 0 Å². The van der Waals surface area contributed by atoms with E-state index in [0.717, 1.165) is 0 Å². The summed E-state index contributed by atoms with van der Waals surface area (Å²) < 4.78 is 30.7. The third-order valence-corrected chi connectivity index (χ3v) is 0.857. The Balaban J connectivity index is 4.30. The molecule has 1 N–H and O–H groups in total. The van der Waals surface area contributed by atoms with Crippen LogP contribution >= 0.6 is 0 Å². The van der Waals surface area contributed by atoms with E-state index in [1.54, 1.807) is 0 Å². The third kappa shape index (κ3) is 2.69. The molecule has 0 rings (SSSR count). The molecular weight excluding hydrogens is 148 g/mol. The van der Waals surface area contributed by atoms with Gasteiger partial charge in [0.05, 0.1) is 0 Å². The number of carbonyl (C=O) groups excluding carboxylic acids is 1. The van der Waals surface area contributed by atoms with E-state index in [1.165, 1.54) is 6.11 Å². The van der Waals surface area contributed by atoms with Gasteiger partial charge in [-0.3, -0.25) is 4.55 Å². The SMILES string of the molecule is C#COC(=O)S(=O)(=O)O. The van der Waals surface area contributed by atoms with Gasteiger partial charge in [0.2, 0.25) is 0 Å². The summed E-state index contributed by atoms with van der Waals surface area (Å²) in [6.45, 7) is 0. The third-order valence-electron chi connectivity index (χ3n) is 0.353. The largest absolute Gasteiger partial charge is 0.465 e. The number of terminal acetylenes is 1. The predicted molar refractivity (Wildman–Crippen MR) is 26.9 cm³/mol. The zero-order chi connectivity index (χ0) is 7.49. The van der Waals surface area contributed by atoms with Crippen LogP contribution < -0.4 is 0 Å². The van der Waals surface area contributed by atoms with Gasteiger partial charge < -0.3 is 4.74 Å². The quantitative estimate of drug-likeness (QED) is 0.288. The fourth-order valence-electron chi connectivity index (χ4n) is 0.101. The molecule has 0 bridgehead atoms. The molecule has 0 atom stereocenters. The number of carbonyl (C=O) groups is 1. The van der Waals surface area contributed by atoms with E-state index in [1.807, 2.05) is 0 Å². The van der Waals surface area contributed by atoms with Crippen molar-refractivity contribution < 1.29 is 22.5 Å². The highest BCUT2D eigenvalue weighted by Crippen LogP contribution is 1.87. The molecule has 0 aromatic carbocycles. The molecule has 0 heterocycles. The zero-order valence-corrected chi connectivity index (χ0v) is 4.88. The first-order chi connectivity index (χ1) is 3.98. The van der Waals surface area contributed by atoms with Crippen molar-refractivity contribution in [1.29, 1.82) is 0 Å². The molecule has 5 nitrogen and oxygen atoms in total. The standard InChI is InChI=1S/C3H2O5S/c1-2-8-3(4)9(5,6)7/h1H,(H,5,6,7). The van der Waals surface area contributed by atoms with Crippen LogP contribution in [0, 0.1) is 12.5 Å². The van der Waals surface area contributed by atoms with Crippen molar-refractivity contribution in [1.82, 2.24) is 0 Å². The van der Waals surface area contributed by atoms with Gasteiger partial charge in [0.15, 0.2) is 0 Å². The minimum absolute atomic E-state index is 1.29. The van der Waals surface area contributed by atoms with Crippen LogP contribution in [0.2, 0.25) is 0 Å². The zero-order valence-electron chi connectivity index (χ0n) is 4.07. The molecule has 0 saturated carbocycles. The highest BCUT2D eigenvalue weighted by molar-refractivity contribution is 8.00. The second kappa shape index (κ2) is 2.48. The maximum atomic E-state index is 9.86. The molecule has 0 aliphatic rings. The molecule has 50 valence electrons. The van der Waals surface area contributed by atoms with E-state index >= 15 is 0 Å². The van der Waals surface area contributed by atoms with E-state index in [9.17, 15) is 13.2 Å². The van der Waals surface area contributed by atoms with Gasteiger partial charge in [-0.2, -0.15) is 8.42 Å². The Labute approximate surface area is 51.4 Å². The summed E-state index contributed by atoms with van der Waals surface area (Å²) in [5, 5.41) is -1.84. The van der Waals surface area contributed by atoms with Crippen molar-refractivity contribution in [3.63, 3.8) is 0 Å². The normalized spacial score (nSPS) is 9.78. The molecule has 0 aliphatic carbocycles. The molecule has 6 heteroatoms. The van der Waals surface area contributed by atoms with Crippen LogP contribution in [0.3, 0.4) is 0 Å². The summed E-state index contributed by atoms with van der Waals surface area (Å²) >= 11 is 0. The molecule has 0 fully saturated rings. The fraction of sp³-hybridized carbons (Fsp3) is 0. The van der Waals surface area contributed by atoms with Crippen LogP contribution in [0.25, 0.3) is 0 Å². The molecule has 0 spiro atoms. The first-order valence-corrected chi connectivity index (χ1v) is 3.06. The summed E-state index contributed by atoms with van der Waals surface area (Å²) in [5.74, 6) is 0. The van der Waals surface area contributed by atoms with E-state index < -0.39 is 15.4 Å². The number of rotatable bonds is 0. The average Bonchev–Trinajstić information content (AvgIpc) is 1.64. The van der Waals surface area contributed by atoms with Gasteiger partial charge in [-0.1, -0.05) is 6.42 Å². The van der Waals surface area contributed by atoms with Crippen LogP contribution in [-0.2, 0) is 14.9 Å². The van der Waals surface area contributed by atoms with Gasteiger partial charge in [0.25, 0.3) is 0 Å². The number of hydrogen-bond donors (Lipinski definition) is 1. The smallest absolute Gasteiger partial charge is 0.359 e. The Bertz CT molecular complexity index is 242. The second-order valence-corrected chi connectivity index (χ2v) is 2.23. The van der Waals surface area contributed by atoms with E-state index in [0.29, 0.717) is 0 Å². The number of hydrogen-bond acceptors (Lipinski definition) is 4. The van der Waals surface area contributed by atoms with Gasteiger partial charge in [-0.05, 0) is 0 Å². The van der Waals surface area contributed by atoms with E-state index in [-0.39, 0.29) is 0 Å². The summed E-state index contributed by atoms with van der Waals surface area (Å²) in [5.41, 5.74) is 0. The Morgan fingerprint density at radius 3 is 2.22 bits per heavy atom. The first kappa shape index (κ1) is 7.94. The Morgan fingerprint density at radius 2 is 2.11 bits per heavy atom. The highest BCUT2D eigenvalue weighted by atomic mass is 32.2. The van der Waals surface area contributed by atoms with E-state index in [4.69, 9.17) is 4.55 Å². The van der Waals surface area contributed by atoms with Crippen LogP contribution in [-0.4, -0.2) is 18.3 Å². The molecule has 9 heavy (non-hydrogen) atoms. The van der Waals surface area contributed by atoms with Gasteiger partial charge >= 0.3 is 15.4 Å². The molecule has 0 radical (unpaired) electrons. The second-order valence-electron chi connectivity index (χ2n) is 0.945. The Hall–Kier alpha value is -1.06. The highest BCUT2D eigenvalue weighted by Gasteiger charge is 2.19. The van der Waals surface area contributed by atoms with E-state index in [2.05, 4.69) is 11.2 Å². The van der Waals surface area contributed by atoms with Gasteiger partial charge in [0, 0.05) is 0 Å². The van der Waals surface area contributed by atoms with Crippen molar-refractivity contribution in [2.75, 3.05) is 0 Å². The summed E-state index contributed by atoms with van der Waals surface area (Å²) in [6, 6.07) is 0. The maximum absolute atomic E-state index is 9.86. The molecule has 0 aromatic heterocycles. The van der Waals surface area contributed by atoms with Gasteiger partial charge in [0.1, 0.15) is 6.11 Å². The summed E-state index contributed by atoms with van der Waals surface area (Å²) in [4.78, 5) is 9.86. The Morgan fingerprint density at radius 1 is 1.67 bits per heavy atom.